The Balaban J connectivity index is 0.674. The summed E-state index contributed by atoms with van der Waals surface area (Å²) in [6, 6.07) is 11.6. The summed E-state index contributed by atoms with van der Waals surface area (Å²) in [6.07, 6.45) is 7.87. The molecule has 5 aromatic rings. The second-order valence-corrected chi connectivity index (χ2v) is 18.3. The van der Waals surface area contributed by atoms with Crippen molar-refractivity contribution >= 4 is 63.3 Å². The van der Waals surface area contributed by atoms with Gasteiger partial charge in [-0.25, -0.2) is 14.4 Å². The lowest BCUT2D eigenvalue weighted by atomic mass is 9.93. The van der Waals surface area contributed by atoms with Crippen LogP contribution in [0.5, 0.6) is 5.88 Å². The van der Waals surface area contributed by atoms with Gasteiger partial charge in [0.25, 0.3) is 11.8 Å². The van der Waals surface area contributed by atoms with E-state index in [1.54, 1.807) is 29.2 Å². The van der Waals surface area contributed by atoms with Crippen LogP contribution in [0.25, 0.3) is 21.9 Å². The molecule has 5 amide bonds. The number of piperidine rings is 3. The Labute approximate surface area is 379 Å². The lowest BCUT2D eigenvalue weighted by molar-refractivity contribution is -0.136. The number of benzene rings is 2. The second kappa shape index (κ2) is 16.8. The van der Waals surface area contributed by atoms with Crippen LogP contribution in [0.2, 0.25) is 0 Å². The summed E-state index contributed by atoms with van der Waals surface area (Å²) in [5.74, 6) is -0.123. The molecule has 0 radical (unpaired) electrons. The molecule has 0 spiro atoms. The van der Waals surface area contributed by atoms with Crippen molar-refractivity contribution in [2.75, 3.05) is 68.0 Å². The topological polar surface area (TPSA) is 187 Å². The third-order valence-electron chi connectivity index (χ3n) is 14.3. The number of aromatic nitrogens is 4. The number of nitrogens with zero attached hydrogens (tertiary/aromatic N) is 8. The highest BCUT2D eigenvalue weighted by Gasteiger charge is 2.46. The smallest absolute Gasteiger partial charge is 0.264 e. The van der Waals surface area contributed by atoms with Crippen LogP contribution in [0.1, 0.15) is 70.5 Å². The Hall–Kier alpha value is -6.95. The van der Waals surface area contributed by atoms with Crippen molar-refractivity contribution in [3.63, 3.8) is 0 Å². The van der Waals surface area contributed by atoms with Crippen molar-refractivity contribution < 1.29 is 33.1 Å². The third kappa shape index (κ3) is 7.55. The van der Waals surface area contributed by atoms with Crippen molar-refractivity contribution in [1.82, 2.24) is 39.8 Å². The van der Waals surface area contributed by atoms with Crippen molar-refractivity contribution in [2.24, 2.45) is 5.92 Å². The van der Waals surface area contributed by atoms with E-state index in [0.29, 0.717) is 77.2 Å². The number of likely N-dealkylation sites (tertiary alicyclic amines) is 1. The molecule has 66 heavy (non-hydrogen) atoms. The highest BCUT2D eigenvalue weighted by Crippen LogP contribution is 2.39. The zero-order chi connectivity index (χ0) is 45.2. The quantitative estimate of drug-likeness (QED) is 0.183. The number of ether oxygens (including phenoxy) is 1. The number of halogens is 1. The summed E-state index contributed by atoms with van der Waals surface area (Å²) < 4.78 is 22.9. The number of anilines is 4. The predicted octanol–water partition coefficient (Wildman–Crippen LogP) is 4.66. The maximum Gasteiger partial charge on any atom is 0.264 e. The number of imide groups is 2. The van der Waals surface area contributed by atoms with Crippen LogP contribution >= 0.6 is 0 Å². The van der Waals surface area contributed by atoms with E-state index in [1.165, 1.54) is 6.07 Å². The average molecular weight is 896 g/mol. The maximum absolute atomic E-state index is 15.5. The fourth-order valence-corrected chi connectivity index (χ4v) is 10.8. The van der Waals surface area contributed by atoms with Crippen molar-refractivity contribution in [3.8, 4) is 17.0 Å². The normalized spacial score (nSPS) is 20.7. The maximum atomic E-state index is 15.5. The summed E-state index contributed by atoms with van der Waals surface area (Å²) in [6.45, 7) is 8.19. The van der Waals surface area contributed by atoms with Crippen LogP contribution in [0, 0.1) is 18.7 Å². The van der Waals surface area contributed by atoms with E-state index in [1.807, 2.05) is 36.1 Å². The SMILES string of the molecule is Cc1c(-c2cc3cc(Nc4cc5n(n4)CC(=O)N(C4CCN(CC6CCN(c7cccc8c7C(=O)N(C7CCC(=O)NC7=O)C8=O)CC6)CC4)CC5)ncc3cc2F)cnc2c1NCCO2. The van der Waals surface area contributed by atoms with E-state index < -0.39 is 29.7 Å². The Morgan fingerprint density at radius 2 is 1.67 bits per heavy atom. The number of amides is 5. The number of fused-ring (bicyclic) bond motifs is 4. The zero-order valence-electron chi connectivity index (χ0n) is 36.6. The predicted molar refractivity (Wildman–Crippen MR) is 242 cm³/mol. The molecule has 3 N–H and O–H groups in total. The first-order valence-corrected chi connectivity index (χ1v) is 23.0. The zero-order valence-corrected chi connectivity index (χ0v) is 36.6. The number of hydrogen-bond acceptors (Lipinski definition) is 13. The first-order chi connectivity index (χ1) is 32.1. The summed E-state index contributed by atoms with van der Waals surface area (Å²) in [7, 11) is 0. The van der Waals surface area contributed by atoms with Crippen LogP contribution in [0.3, 0.4) is 0 Å². The molecule has 2 aromatic carbocycles. The minimum Gasteiger partial charge on any atom is -0.474 e. The number of rotatable bonds is 8. The van der Waals surface area contributed by atoms with Crippen LogP contribution in [-0.4, -0.2) is 128 Å². The molecular weight excluding hydrogens is 846 g/mol. The van der Waals surface area contributed by atoms with Gasteiger partial charge in [-0.15, -0.1) is 0 Å². The Morgan fingerprint density at radius 1 is 0.833 bits per heavy atom. The Kier molecular flexibility index (Phi) is 10.6. The van der Waals surface area contributed by atoms with Crippen LogP contribution in [-0.2, 0) is 27.3 Å². The fourth-order valence-electron chi connectivity index (χ4n) is 10.8. The highest BCUT2D eigenvalue weighted by molar-refractivity contribution is 6.25. The molecule has 6 aliphatic heterocycles. The Morgan fingerprint density at radius 3 is 2.48 bits per heavy atom. The number of hydrogen-bond donors (Lipinski definition) is 3. The van der Waals surface area contributed by atoms with Gasteiger partial charge in [-0.3, -0.25) is 38.9 Å². The van der Waals surface area contributed by atoms with E-state index in [-0.39, 0.29) is 37.2 Å². The molecule has 0 aliphatic carbocycles. The van der Waals surface area contributed by atoms with Gasteiger partial charge in [0, 0.05) is 105 Å². The van der Waals surface area contributed by atoms with Crippen molar-refractivity contribution in [3.05, 3.63) is 83.1 Å². The van der Waals surface area contributed by atoms with Crippen LogP contribution in [0.15, 0.2) is 54.9 Å². The van der Waals surface area contributed by atoms with Crippen LogP contribution < -0.4 is 25.6 Å². The highest BCUT2D eigenvalue weighted by atomic mass is 19.1. The van der Waals surface area contributed by atoms with Gasteiger partial charge in [0.15, 0.2) is 5.82 Å². The van der Waals surface area contributed by atoms with Gasteiger partial charge in [-0.1, -0.05) is 6.07 Å². The van der Waals surface area contributed by atoms with E-state index >= 15 is 4.39 Å². The monoisotopic (exact) mass is 895 g/mol. The average Bonchev–Trinajstić information content (AvgIpc) is 3.76. The molecule has 1 atom stereocenters. The minimum atomic E-state index is -0.993. The summed E-state index contributed by atoms with van der Waals surface area (Å²) in [4.78, 5) is 81.9. The molecule has 1 unspecified atom stereocenters. The molecule has 3 aromatic heterocycles. The number of nitrogens with one attached hydrogen (secondary N) is 3. The molecule has 11 rings (SSSR count). The lowest BCUT2D eigenvalue weighted by Gasteiger charge is -2.41. The minimum absolute atomic E-state index is 0.0640. The molecule has 17 nitrogen and oxygen atoms in total. The van der Waals surface area contributed by atoms with Crippen molar-refractivity contribution in [2.45, 2.75) is 70.5 Å². The molecule has 3 fully saturated rings. The molecule has 3 saturated heterocycles. The lowest BCUT2D eigenvalue weighted by Crippen LogP contribution is -2.54. The van der Waals surface area contributed by atoms with E-state index in [2.05, 4.69) is 35.7 Å². The number of pyridine rings is 2. The van der Waals surface area contributed by atoms with Gasteiger partial charge < -0.3 is 30.1 Å². The standard InChI is InChI=1S/C48H50FN11O6/c1-27-35(24-52-46-44(27)50-12-18-66-46)34-19-29-21-39(51-23-30(29)20-36(34)49)53-40-22-32-11-17-58(42(62)26-59(32)55-40)31-9-13-56(14-10-31)25-28-7-15-57(16-8-28)37-4-2-3-33-43(37)48(65)60(47(33)64)38-5-6-41(61)54-45(38)63/h2-4,19-24,28,31,38,50H,5-18,25-26H2,1H3,(H,51,53,55)(H,54,61,63). The summed E-state index contributed by atoms with van der Waals surface area (Å²) in [5.41, 5.74) is 5.11. The van der Waals surface area contributed by atoms with E-state index in [4.69, 9.17) is 9.84 Å². The first-order valence-electron chi connectivity index (χ1n) is 23.0. The molecule has 18 heteroatoms. The van der Waals surface area contributed by atoms with Gasteiger partial charge in [0.1, 0.15) is 36.5 Å². The molecular formula is C48H50FN11O6. The van der Waals surface area contributed by atoms with Gasteiger partial charge in [-0.2, -0.15) is 5.10 Å². The van der Waals surface area contributed by atoms with Gasteiger partial charge in [-0.05, 0) is 86.2 Å². The summed E-state index contributed by atoms with van der Waals surface area (Å²) >= 11 is 0. The molecule has 0 saturated carbocycles. The molecule has 9 heterocycles. The van der Waals surface area contributed by atoms with Gasteiger partial charge in [0.05, 0.1) is 16.8 Å². The molecule has 6 aliphatic rings. The van der Waals surface area contributed by atoms with Gasteiger partial charge >= 0.3 is 0 Å². The molecule has 0 bridgehead atoms. The van der Waals surface area contributed by atoms with E-state index in [9.17, 15) is 24.0 Å². The number of carbonyl (C=O) groups excluding carboxylic acids is 5. The fraction of sp³-hybridized carbons (Fsp3) is 0.417. The second-order valence-electron chi connectivity index (χ2n) is 18.3. The van der Waals surface area contributed by atoms with Crippen molar-refractivity contribution in [1.29, 1.82) is 0 Å². The van der Waals surface area contributed by atoms with Crippen LogP contribution in [0.4, 0.5) is 27.4 Å². The van der Waals surface area contributed by atoms with Gasteiger partial charge in [0.2, 0.25) is 23.6 Å². The van der Waals surface area contributed by atoms with E-state index in [0.717, 1.165) is 91.3 Å². The third-order valence-corrected chi connectivity index (χ3v) is 14.3. The summed E-state index contributed by atoms with van der Waals surface area (Å²) in [5, 5.41) is 15.1. The first kappa shape index (κ1) is 41.7. The Bertz CT molecular complexity index is 2830. The number of carbonyl (C=O) groups is 5. The molecule has 340 valence electrons. The largest absolute Gasteiger partial charge is 0.474 e.